The molecule has 0 N–H and O–H groups in total. The van der Waals surface area contributed by atoms with Gasteiger partial charge >= 0.3 is 25.2 Å². The van der Waals surface area contributed by atoms with Crippen LogP contribution < -0.4 is 0 Å². The molecule has 0 fully saturated rings. The van der Waals surface area contributed by atoms with Crippen LogP contribution in [0.25, 0.3) is 0 Å². The molecule has 1 heterocycles. The number of rotatable bonds is 4. The Morgan fingerprint density at radius 1 is 1.14 bits per heavy atom. The van der Waals surface area contributed by atoms with E-state index < -0.39 is 0 Å². The van der Waals surface area contributed by atoms with Gasteiger partial charge in [0.25, 0.3) is 0 Å². The zero-order valence-electron chi connectivity index (χ0n) is 11.7. The average molecular weight is 399 g/mol. The van der Waals surface area contributed by atoms with Crippen LogP contribution >= 0.6 is 21.9 Å². The van der Waals surface area contributed by atoms with Crippen LogP contribution in [0.5, 0.6) is 0 Å². The summed E-state index contributed by atoms with van der Waals surface area (Å²) in [6, 6.07) is 15.8. The molecule has 0 saturated heterocycles. The molecule has 0 atom stereocenters. The number of halogens is 1. The third-order valence-electron chi connectivity index (χ3n) is 2.52. The summed E-state index contributed by atoms with van der Waals surface area (Å²) in [7, 11) is 4.20. The predicted octanol–water partition coefficient (Wildman–Crippen LogP) is 4.33. The Morgan fingerprint density at radius 2 is 1.82 bits per heavy atom. The zero-order chi connectivity index (χ0) is 16.2. The first-order valence-electron chi connectivity index (χ1n) is 6.24. The topological polar surface area (TPSA) is 37.6 Å². The Bertz CT molecular complexity index is 607. The van der Waals surface area contributed by atoms with Crippen molar-refractivity contribution < 1.29 is 15.1 Å². The predicted molar refractivity (Wildman–Crippen MR) is 94.8 cm³/mol. The van der Waals surface area contributed by atoms with Gasteiger partial charge in [-0.3, -0.25) is 4.98 Å². The third kappa shape index (κ3) is 7.38. The van der Waals surface area contributed by atoms with Crippen LogP contribution in [0.1, 0.15) is 18.2 Å². The molecule has 3 nitrogen and oxygen atoms in total. The molecule has 0 saturated carbocycles. The van der Waals surface area contributed by atoms with Gasteiger partial charge in [0.05, 0.1) is 11.4 Å². The zero-order valence-corrected chi connectivity index (χ0v) is 15.1. The fourth-order valence-electron chi connectivity index (χ4n) is 1.49. The normalized spacial score (nSPS) is 11.6. The van der Waals surface area contributed by atoms with Crippen molar-refractivity contribution in [3.05, 3.63) is 66.0 Å². The van der Waals surface area contributed by atoms with E-state index in [1.807, 2.05) is 43.3 Å². The minimum absolute atomic E-state index is 0.532. The van der Waals surface area contributed by atoms with E-state index in [-0.39, 0.29) is 0 Å². The van der Waals surface area contributed by atoms with Gasteiger partial charge in [-0.1, -0.05) is 36.4 Å². The molecule has 1 aromatic heterocycles. The van der Waals surface area contributed by atoms with Crippen LogP contribution in [-0.2, 0) is 33.5 Å². The number of thioether (sulfide) groups is 1. The van der Waals surface area contributed by atoms with Gasteiger partial charge in [0.1, 0.15) is 0 Å². The van der Waals surface area contributed by atoms with Gasteiger partial charge in [-0.25, -0.2) is 0 Å². The van der Waals surface area contributed by atoms with Crippen molar-refractivity contribution in [2.75, 3.05) is 0 Å². The van der Waals surface area contributed by atoms with E-state index in [4.69, 9.17) is 12.6 Å². The van der Waals surface area contributed by atoms with Crippen molar-refractivity contribution in [1.29, 1.82) is 0 Å². The van der Waals surface area contributed by atoms with Gasteiger partial charge in [-0.15, -0.1) is 11.8 Å². The van der Waals surface area contributed by atoms with Crippen LogP contribution in [0.15, 0.2) is 64.9 Å². The maximum absolute atomic E-state index is 5.19. The van der Waals surface area contributed by atoms with Crippen molar-refractivity contribution in [2.45, 2.75) is 12.7 Å². The summed E-state index contributed by atoms with van der Waals surface area (Å²) in [6.45, 7) is 1.87. The number of hydrogen-bond donors (Lipinski definition) is 0. The molecule has 1 aromatic carbocycles. The molecular weight excluding hydrogens is 385 g/mol. The summed E-state index contributed by atoms with van der Waals surface area (Å²) in [6.07, 6.45) is 1.73. The third-order valence-corrected chi connectivity index (χ3v) is 3.76. The average Bonchev–Trinajstić information content (AvgIpc) is 2.61. The SMILES string of the molecule is C/C(=N/N=C(/[S-])SCc1ccccc1)c1ccccn1.[Cl][Cu+]. The maximum atomic E-state index is 5.19. The number of hydrogen-bond acceptors (Lipinski definition) is 5. The Labute approximate surface area is 153 Å². The molecule has 0 radical (unpaired) electrons. The van der Waals surface area contributed by atoms with Crippen molar-refractivity contribution in [3.63, 3.8) is 0 Å². The molecule has 0 bridgehead atoms. The summed E-state index contributed by atoms with van der Waals surface area (Å²) < 4.78 is 0.532. The monoisotopic (exact) mass is 398 g/mol. The Balaban J connectivity index is 0.00000116. The Morgan fingerprint density at radius 3 is 2.45 bits per heavy atom. The first kappa shape index (κ1) is 19.1. The summed E-state index contributed by atoms with van der Waals surface area (Å²) >= 11 is 10.4. The van der Waals surface area contributed by atoms with E-state index in [1.54, 1.807) is 6.20 Å². The van der Waals surface area contributed by atoms with Gasteiger partial charge in [0, 0.05) is 11.9 Å². The second-order valence-electron chi connectivity index (χ2n) is 4.04. The van der Waals surface area contributed by atoms with Crippen LogP contribution in [0.2, 0.25) is 0 Å². The second kappa shape index (κ2) is 11.6. The van der Waals surface area contributed by atoms with E-state index in [2.05, 4.69) is 52.5 Å². The second-order valence-corrected chi connectivity index (χ2v) is 5.65. The molecule has 2 rings (SSSR count). The Kier molecular flexibility index (Phi) is 10.1. The van der Waals surface area contributed by atoms with Crippen molar-refractivity contribution >= 4 is 44.6 Å². The number of pyridine rings is 1. The van der Waals surface area contributed by atoms with Crippen LogP contribution in [0.3, 0.4) is 0 Å². The summed E-state index contributed by atoms with van der Waals surface area (Å²) in [5.74, 6) is 0.807. The molecule has 119 valence electrons. The van der Waals surface area contributed by atoms with E-state index in [0.29, 0.717) is 4.38 Å². The van der Waals surface area contributed by atoms with Crippen LogP contribution in [-0.4, -0.2) is 15.1 Å². The summed E-state index contributed by atoms with van der Waals surface area (Å²) in [5, 5.41) is 8.18. The van der Waals surface area contributed by atoms with Gasteiger partial charge in [0.2, 0.25) is 0 Å². The van der Waals surface area contributed by atoms with Gasteiger partial charge in [-0.2, -0.15) is 10.2 Å². The first-order chi connectivity index (χ1) is 10.8. The standard InChI is InChI=1S/C15H15N3S2.ClH.Cu/c1-12(14-9-5-6-10-16-14)17-18-15(19)20-11-13-7-3-2-4-8-13;;/h2-10H,11H2,1H3,(H,18,19);1H;/q;;+2/p-2/b17-12-;;. The van der Waals surface area contributed by atoms with Crippen molar-refractivity contribution in [3.8, 4) is 0 Å². The molecule has 0 aliphatic carbocycles. The van der Waals surface area contributed by atoms with Crippen molar-refractivity contribution in [1.82, 2.24) is 4.98 Å². The van der Waals surface area contributed by atoms with Gasteiger partial charge < -0.3 is 12.6 Å². The van der Waals surface area contributed by atoms with E-state index in [0.717, 1.165) is 17.2 Å². The van der Waals surface area contributed by atoms with E-state index in [9.17, 15) is 0 Å². The summed E-state index contributed by atoms with van der Waals surface area (Å²) in [4.78, 5) is 4.21. The quantitative estimate of drug-likeness (QED) is 0.253. The molecule has 0 spiro atoms. The molecular formula is C15H14ClCuN3S2. The van der Waals surface area contributed by atoms with Crippen LogP contribution in [0, 0.1) is 0 Å². The van der Waals surface area contributed by atoms with Crippen LogP contribution in [0.4, 0.5) is 0 Å². The van der Waals surface area contributed by atoms with E-state index >= 15 is 0 Å². The molecule has 0 unspecified atom stereocenters. The fourth-order valence-corrected chi connectivity index (χ4v) is 2.29. The first-order valence-corrected chi connectivity index (χ1v) is 8.93. The van der Waals surface area contributed by atoms with Gasteiger partial charge in [-0.05, 0) is 29.0 Å². The molecule has 0 aliphatic heterocycles. The number of aromatic nitrogens is 1. The molecule has 22 heavy (non-hydrogen) atoms. The molecule has 2 aromatic rings. The fraction of sp³-hybridized carbons (Fsp3) is 0.133. The molecule has 0 aliphatic rings. The molecule has 7 heteroatoms. The van der Waals surface area contributed by atoms with Crippen molar-refractivity contribution in [2.24, 2.45) is 10.2 Å². The van der Waals surface area contributed by atoms with Gasteiger partial charge in [0.15, 0.2) is 0 Å². The minimum atomic E-state index is 0.532. The number of benzene rings is 1. The van der Waals surface area contributed by atoms with E-state index in [1.165, 1.54) is 17.3 Å². The number of nitrogens with zero attached hydrogens (tertiary/aromatic N) is 3. The Hall–Kier alpha value is -0.911. The molecule has 0 amide bonds. The summed E-state index contributed by atoms with van der Waals surface area (Å²) in [5.41, 5.74) is 2.79.